The van der Waals surface area contributed by atoms with Crippen LogP contribution in [-0.2, 0) is 9.53 Å². The van der Waals surface area contributed by atoms with Crippen molar-refractivity contribution in [1.82, 2.24) is 4.98 Å². The van der Waals surface area contributed by atoms with E-state index in [1.807, 2.05) is 32.0 Å². The van der Waals surface area contributed by atoms with Gasteiger partial charge in [0, 0.05) is 23.7 Å². The first-order chi connectivity index (χ1) is 11.5. The number of carbonyl (C=O) groups is 1. The molecule has 0 unspecified atom stereocenters. The van der Waals surface area contributed by atoms with E-state index in [4.69, 9.17) is 4.74 Å². The normalized spacial score (nSPS) is 12.1. The number of hydrogen-bond donors (Lipinski definition) is 1. The number of para-hydroxylation sites is 1. The van der Waals surface area contributed by atoms with Crippen LogP contribution in [0.1, 0.15) is 23.7 Å². The number of ether oxygens (including phenoxy) is 1. The summed E-state index contributed by atoms with van der Waals surface area (Å²) >= 11 is 0. The predicted molar refractivity (Wildman–Crippen MR) is 94.5 cm³/mol. The number of benzene rings is 1. The molecule has 124 valence electrons. The molecule has 0 amide bonds. The molecule has 1 N–H and O–H groups in total. The van der Waals surface area contributed by atoms with E-state index in [0.29, 0.717) is 11.3 Å². The van der Waals surface area contributed by atoms with Crippen LogP contribution in [0.5, 0.6) is 0 Å². The first kappa shape index (κ1) is 17.4. The molecule has 1 heterocycles. The molecule has 0 aliphatic rings. The standard InChI is InChI=1S/C19H20N2O3/c1-4-24-19(23)17(12-21-16-8-6-5-7-9-16)18(22)15-10-13(2)14(3)20-11-15/h5-12,22H,4H2,1-3H3/b18-17-,21-12?. The van der Waals surface area contributed by atoms with Crippen LogP contribution in [0, 0.1) is 13.8 Å². The molecule has 0 bridgehead atoms. The van der Waals surface area contributed by atoms with Gasteiger partial charge in [0.2, 0.25) is 0 Å². The van der Waals surface area contributed by atoms with Gasteiger partial charge >= 0.3 is 5.97 Å². The van der Waals surface area contributed by atoms with Crippen LogP contribution in [0.15, 0.2) is 53.2 Å². The zero-order valence-electron chi connectivity index (χ0n) is 14.0. The zero-order chi connectivity index (χ0) is 17.5. The van der Waals surface area contributed by atoms with Gasteiger partial charge in [0.1, 0.15) is 11.3 Å². The highest BCUT2D eigenvalue weighted by molar-refractivity contribution is 6.15. The number of carbonyl (C=O) groups excluding carboxylic acids is 1. The highest BCUT2D eigenvalue weighted by atomic mass is 16.5. The average Bonchev–Trinajstić information content (AvgIpc) is 2.58. The maximum atomic E-state index is 12.2. The first-order valence-electron chi connectivity index (χ1n) is 7.66. The number of pyridine rings is 1. The fourth-order valence-electron chi connectivity index (χ4n) is 2.00. The molecule has 1 aromatic carbocycles. The van der Waals surface area contributed by atoms with Gasteiger partial charge in [-0.1, -0.05) is 18.2 Å². The van der Waals surface area contributed by atoms with Gasteiger partial charge in [-0.2, -0.15) is 0 Å². The Kier molecular flexibility index (Phi) is 5.84. The van der Waals surface area contributed by atoms with Crippen molar-refractivity contribution in [2.45, 2.75) is 20.8 Å². The number of aromatic nitrogens is 1. The van der Waals surface area contributed by atoms with Crippen LogP contribution in [0.2, 0.25) is 0 Å². The van der Waals surface area contributed by atoms with Gasteiger partial charge in [-0.15, -0.1) is 0 Å². The van der Waals surface area contributed by atoms with Crippen molar-refractivity contribution in [2.24, 2.45) is 4.99 Å². The van der Waals surface area contributed by atoms with E-state index in [2.05, 4.69) is 9.98 Å². The minimum absolute atomic E-state index is 0.00856. The maximum absolute atomic E-state index is 12.2. The van der Waals surface area contributed by atoms with Crippen molar-refractivity contribution in [3.8, 4) is 0 Å². The number of aryl methyl sites for hydroxylation is 2. The zero-order valence-corrected chi connectivity index (χ0v) is 14.0. The predicted octanol–water partition coefficient (Wildman–Crippen LogP) is 3.93. The lowest BCUT2D eigenvalue weighted by atomic mass is 10.1. The SMILES string of the molecule is CCOC(=O)/C(C=Nc1ccccc1)=C(\O)c1cnc(C)c(C)c1. The Labute approximate surface area is 141 Å². The lowest BCUT2D eigenvalue weighted by molar-refractivity contribution is -0.137. The Morgan fingerprint density at radius 2 is 2.00 bits per heavy atom. The second kappa shape index (κ2) is 8.06. The quantitative estimate of drug-likeness (QED) is 0.391. The summed E-state index contributed by atoms with van der Waals surface area (Å²) < 4.78 is 5.02. The summed E-state index contributed by atoms with van der Waals surface area (Å²) in [5.41, 5.74) is 2.89. The van der Waals surface area contributed by atoms with Crippen LogP contribution in [0.3, 0.4) is 0 Å². The van der Waals surface area contributed by atoms with E-state index in [9.17, 15) is 9.90 Å². The minimum atomic E-state index is -0.632. The van der Waals surface area contributed by atoms with Gasteiger partial charge in [0.05, 0.1) is 12.3 Å². The van der Waals surface area contributed by atoms with E-state index in [-0.39, 0.29) is 17.9 Å². The third kappa shape index (κ3) is 4.29. The van der Waals surface area contributed by atoms with Crippen LogP contribution in [0.4, 0.5) is 5.69 Å². The molecule has 0 atom stereocenters. The molecule has 24 heavy (non-hydrogen) atoms. The summed E-state index contributed by atoms with van der Waals surface area (Å²) in [6.45, 7) is 5.68. The monoisotopic (exact) mass is 324 g/mol. The van der Waals surface area contributed by atoms with E-state index in [0.717, 1.165) is 11.3 Å². The summed E-state index contributed by atoms with van der Waals surface area (Å²) in [6, 6.07) is 10.9. The second-order valence-corrected chi connectivity index (χ2v) is 5.20. The Hall–Kier alpha value is -2.95. The fraction of sp³-hybridized carbons (Fsp3) is 0.211. The second-order valence-electron chi connectivity index (χ2n) is 5.20. The van der Waals surface area contributed by atoms with E-state index in [1.165, 1.54) is 12.4 Å². The minimum Gasteiger partial charge on any atom is -0.506 e. The maximum Gasteiger partial charge on any atom is 0.343 e. The Morgan fingerprint density at radius 1 is 1.29 bits per heavy atom. The van der Waals surface area contributed by atoms with Crippen molar-refractivity contribution >= 4 is 23.6 Å². The van der Waals surface area contributed by atoms with Crippen molar-refractivity contribution < 1.29 is 14.6 Å². The summed E-state index contributed by atoms with van der Waals surface area (Å²) in [6.07, 6.45) is 2.84. The Bertz CT molecular complexity index is 780. The van der Waals surface area contributed by atoms with Crippen molar-refractivity contribution in [3.05, 3.63) is 65.0 Å². The number of nitrogens with zero attached hydrogens (tertiary/aromatic N) is 2. The molecular weight excluding hydrogens is 304 g/mol. The molecule has 0 aliphatic carbocycles. The molecule has 0 radical (unpaired) electrons. The van der Waals surface area contributed by atoms with Crippen LogP contribution < -0.4 is 0 Å². The number of aliphatic imine (C=N–C) groups is 1. The van der Waals surface area contributed by atoms with Gasteiger partial charge in [-0.05, 0) is 44.5 Å². The summed E-state index contributed by atoms with van der Waals surface area (Å²) in [5.74, 6) is -0.836. The molecule has 0 saturated carbocycles. The number of esters is 1. The first-order valence-corrected chi connectivity index (χ1v) is 7.66. The molecule has 2 aromatic rings. The number of rotatable bonds is 5. The number of aliphatic hydroxyl groups excluding tert-OH is 1. The molecule has 1 aromatic heterocycles. The van der Waals surface area contributed by atoms with Gasteiger partial charge in [0.15, 0.2) is 0 Å². The topological polar surface area (TPSA) is 71.8 Å². The van der Waals surface area contributed by atoms with Gasteiger partial charge in [0.25, 0.3) is 0 Å². The largest absolute Gasteiger partial charge is 0.506 e. The summed E-state index contributed by atoms with van der Waals surface area (Å²) in [5, 5.41) is 10.5. The van der Waals surface area contributed by atoms with Crippen LogP contribution in [0.25, 0.3) is 5.76 Å². The Balaban J connectivity index is 2.45. The summed E-state index contributed by atoms with van der Waals surface area (Å²) in [7, 11) is 0. The average molecular weight is 324 g/mol. The summed E-state index contributed by atoms with van der Waals surface area (Å²) in [4.78, 5) is 20.6. The van der Waals surface area contributed by atoms with Crippen LogP contribution >= 0.6 is 0 Å². The molecular formula is C19H20N2O3. The molecule has 5 heteroatoms. The fourth-order valence-corrected chi connectivity index (χ4v) is 2.00. The third-order valence-corrected chi connectivity index (χ3v) is 3.46. The molecule has 0 fully saturated rings. The molecule has 0 saturated heterocycles. The molecule has 0 spiro atoms. The third-order valence-electron chi connectivity index (χ3n) is 3.46. The van der Waals surface area contributed by atoms with Crippen molar-refractivity contribution in [2.75, 3.05) is 6.61 Å². The van der Waals surface area contributed by atoms with Gasteiger partial charge in [-0.3, -0.25) is 9.98 Å². The molecule has 5 nitrogen and oxygen atoms in total. The van der Waals surface area contributed by atoms with E-state index in [1.54, 1.807) is 25.1 Å². The Morgan fingerprint density at radius 3 is 2.62 bits per heavy atom. The smallest absolute Gasteiger partial charge is 0.343 e. The lowest BCUT2D eigenvalue weighted by Crippen LogP contribution is -2.11. The molecule has 0 aliphatic heterocycles. The van der Waals surface area contributed by atoms with Gasteiger partial charge < -0.3 is 9.84 Å². The van der Waals surface area contributed by atoms with E-state index >= 15 is 0 Å². The number of aliphatic hydroxyl groups is 1. The van der Waals surface area contributed by atoms with Crippen molar-refractivity contribution in [3.63, 3.8) is 0 Å². The number of hydrogen-bond acceptors (Lipinski definition) is 5. The highest BCUT2D eigenvalue weighted by Gasteiger charge is 2.17. The van der Waals surface area contributed by atoms with Gasteiger partial charge in [-0.25, -0.2) is 4.79 Å². The molecule has 2 rings (SSSR count). The van der Waals surface area contributed by atoms with Crippen LogP contribution in [-0.4, -0.2) is 28.9 Å². The lowest BCUT2D eigenvalue weighted by Gasteiger charge is -2.08. The van der Waals surface area contributed by atoms with Crippen molar-refractivity contribution in [1.29, 1.82) is 0 Å². The highest BCUT2D eigenvalue weighted by Crippen LogP contribution is 2.19. The van der Waals surface area contributed by atoms with E-state index < -0.39 is 5.97 Å².